The van der Waals surface area contributed by atoms with Crippen LogP contribution in [0.3, 0.4) is 0 Å². The van der Waals surface area contributed by atoms with Crippen molar-refractivity contribution in [3.05, 3.63) is 29.3 Å². The van der Waals surface area contributed by atoms with Crippen LogP contribution in [0.4, 0.5) is 5.69 Å². The van der Waals surface area contributed by atoms with E-state index in [4.69, 9.17) is 27.9 Å². The second-order valence-electron chi connectivity index (χ2n) is 13.6. The largest absolute Gasteiger partial charge is 0.459 e. The summed E-state index contributed by atoms with van der Waals surface area (Å²) >= 11 is 12.0. The summed E-state index contributed by atoms with van der Waals surface area (Å²) in [4.78, 5) is 27.9. The molecular weight excluding hydrogens is 543 g/mol. The Morgan fingerprint density at radius 2 is 1.77 bits per heavy atom. The number of carbonyl (C=O) groups excluding carboxylic acids is 2. The van der Waals surface area contributed by atoms with E-state index in [-0.39, 0.29) is 23.5 Å². The molecule has 1 aromatic rings. The van der Waals surface area contributed by atoms with E-state index in [0.29, 0.717) is 52.8 Å². The number of piperidine rings is 1. The highest BCUT2D eigenvalue weighted by atomic mass is 35.5. The molecule has 3 saturated carbocycles. The van der Waals surface area contributed by atoms with E-state index < -0.39 is 0 Å². The number of aryl methyl sites for hydroxylation is 1. The Bertz CT molecular complexity index is 1070. The standard InChI is InChI=1S/C33H48Cl2N2O3/c1-22-6-7-23(20-29(22)37(18-4-16-34)19-5-17-35)31(39)40-25-12-14-32(2)24(21-25)8-9-26-27(32)13-15-33(3)28(26)10-11-30(38)36-33/h6-7,20,24-28H,4-5,8-19,21H2,1-3H3,(H,36,38)/t24-,25-,26?,27?,28?,32-,33-/m0/s1. The number of rotatable bonds is 9. The summed E-state index contributed by atoms with van der Waals surface area (Å²) in [6, 6.07) is 5.94. The fourth-order valence-corrected chi connectivity index (χ4v) is 9.39. The second kappa shape index (κ2) is 12.4. The number of nitrogens with one attached hydrogen (secondary N) is 1. The Kier molecular flexibility index (Phi) is 9.31. The minimum atomic E-state index is -0.204. The first kappa shape index (κ1) is 30.0. The topological polar surface area (TPSA) is 58.6 Å². The van der Waals surface area contributed by atoms with Crippen LogP contribution in [0.1, 0.15) is 100 Å². The zero-order chi connectivity index (χ0) is 28.5. The normalized spacial score (nSPS) is 35.1. The molecule has 1 aromatic carbocycles. The number of carbonyl (C=O) groups is 2. The van der Waals surface area contributed by atoms with Crippen molar-refractivity contribution < 1.29 is 14.3 Å². The third-order valence-electron chi connectivity index (χ3n) is 11.3. The molecule has 40 heavy (non-hydrogen) atoms. The lowest BCUT2D eigenvalue weighted by Crippen LogP contribution is -2.63. The number of esters is 1. The number of amides is 1. The Balaban J connectivity index is 1.24. The maximum atomic E-state index is 13.4. The Hall–Kier alpha value is -1.46. The monoisotopic (exact) mass is 590 g/mol. The maximum absolute atomic E-state index is 13.4. The molecule has 3 unspecified atom stereocenters. The van der Waals surface area contributed by atoms with Gasteiger partial charge in [-0.3, -0.25) is 4.79 Å². The Labute approximate surface area is 251 Å². The van der Waals surface area contributed by atoms with Crippen LogP contribution in [0.15, 0.2) is 18.2 Å². The summed E-state index contributed by atoms with van der Waals surface area (Å²) in [7, 11) is 0. The van der Waals surface area contributed by atoms with Gasteiger partial charge in [0.15, 0.2) is 0 Å². The van der Waals surface area contributed by atoms with Gasteiger partial charge in [-0.05, 0) is 125 Å². The van der Waals surface area contributed by atoms with Gasteiger partial charge in [0.2, 0.25) is 5.91 Å². The summed E-state index contributed by atoms with van der Waals surface area (Å²) in [5, 5.41) is 3.38. The number of benzene rings is 1. The fourth-order valence-electron chi connectivity index (χ4n) is 9.15. The number of hydrogen-bond donors (Lipinski definition) is 1. The predicted molar refractivity (Wildman–Crippen MR) is 163 cm³/mol. The van der Waals surface area contributed by atoms with E-state index in [9.17, 15) is 9.59 Å². The van der Waals surface area contributed by atoms with Crippen LogP contribution in [0.5, 0.6) is 0 Å². The lowest BCUT2D eigenvalue weighted by Gasteiger charge is -2.62. The first-order chi connectivity index (χ1) is 19.2. The highest BCUT2D eigenvalue weighted by molar-refractivity contribution is 6.18. The molecule has 5 nitrogen and oxygen atoms in total. The van der Waals surface area contributed by atoms with Crippen LogP contribution in [-0.4, -0.2) is 48.4 Å². The molecule has 7 atom stereocenters. The van der Waals surface area contributed by atoms with Crippen LogP contribution in [0.25, 0.3) is 0 Å². The van der Waals surface area contributed by atoms with Crippen LogP contribution in [0.2, 0.25) is 0 Å². The number of hydrogen-bond acceptors (Lipinski definition) is 4. The van der Waals surface area contributed by atoms with E-state index in [1.54, 1.807) is 0 Å². The minimum Gasteiger partial charge on any atom is -0.459 e. The van der Waals surface area contributed by atoms with Crippen molar-refractivity contribution in [2.24, 2.45) is 29.1 Å². The van der Waals surface area contributed by atoms with Gasteiger partial charge in [-0.25, -0.2) is 4.79 Å². The van der Waals surface area contributed by atoms with Gasteiger partial charge < -0.3 is 15.0 Å². The molecular formula is C33H48Cl2N2O3. The van der Waals surface area contributed by atoms with Crippen molar-refractivity contribution in [3.63, 3.8) is 0 Å². The van der Waals surface area contributed by atoms with Crippen molar-refractivity contribution in [2.45, 2.75) is 103 Å². The number of fused-ring (bicyclic) bond motifs is 5. The zero-order valence-corrected chi connectivity index (χ0v) is 26.2. The van der Waals surface area contributed by atoms with E-state index in [2.05, 4.69) is 31.0 Å². The van der Waals surface area contributed by atoms with Crippen molar-refractivity contribution in [1.29, 1.82) is 0 Å². The predicted octanol–water partition coefficient (Wildman–Crippen LogP) is 7.50. The van der Waals surface area contributed by atoms with Crippen LogP contribution >= 0.6 is 23.2 Å². The Morgan fingerprint density at radius 1 is 1.02 bits per heavy atom. The van der Waals surface area contributed by atoms with Gasteiger partial charge in [0, 0.05) is 42.5 Å². The van der Waals surface area contributed by atoms with Gasteiger partial charge in [0.1, 0.15) is 6.10 Å². The minimum absolute atomic E-state index is 0.0155. The number of anilines is 1. The lowest BCUT2D eigenvalue weighted by molar-refractivity contribution is -0.142. The molecule has 4 fully saturated rings. The number of ether oxygens (including phenoxy) is 1. The van der Waals surface area contributed by atoms with Gasteiger partial charge >= 0.3 is 5.97 Å². The van der Waals surface area contributed by atoms with E-state index in [1.165, 1.54) is 19.3 Å². The molecule has 1 amide bonds. The average molecular weight is 592 g/mol. The molecule has 0 spiro atoms. The van der Waals surface area contributed by atoms with Gasteiger partial charge in [-0.15, -0.1) is 23.2 Å². The SMILES string of the molecule is Cc1ccc(C(=O)O[C@H]2CC[C@]3(C)C4CC[C@]5(C)NC(=O)CCC5C4CC[C@H]3C2)cc1N(CCCCl)CCCCl. The molecule has 7 heteroatoms. The van der Waals surface area contributed by atoms with Crippen molar-refractivity contribution in [1.82, 2.24) is 5.32 Å². The van der Waals surface area contributed by atoms with Gasteiger partial charge in [0.05, 0.1) is 5.56 Å². The quantitative estimate of drug-likeness (QED) is 0.239. The second-order valence-corrected chi connectivity index (χ2v) is 14.3. The average Bonchev–Trinajstić information content (AvgIpc) is 2.93. The molecule has 1 aliphatic heterocycles. The highest BCUT2D eigenvalue weighted by Crippen LogP contribution is 2.62. The van der Waals surface area contributed by atoms with Crippen molar-refractivity contribution in [3.8, 4) is 0 Å². The molecule has 0 radical (unpaired) electrons. The van der Waals surface area contributed by atoms with Crippen LogP contribution in [0, 0.1) is 36.0 Å². The summed E-state index contributed by atoms with van der Waals surface area (Å²) in [6.07, 6.45) is 11.2. The molecule has 0 aromatic heterocycles. The molecule has 5 rings (SSSR count). The third kappa shape index (κ3) is 5.89. The molecule has 222 valence electrons. The van der Waals surface area contributed by atoms with Gasteiger partial charge in [-0.2, -0.15) is 0 Å². The van der Waals surface area contributed by atoms with E-state index >= 15 is 0 Å². The third-order valence-corrected chi connectivity index (χ3v) is 11.8. The summed E-state index contributed by atoms with van der Waals surface area (Å²) in [6.45, 7) is 8.60. The van der Waals surface area contributed by atoms with Gasteiger partial charge in [-0.1, -0.05) is 13.0 Å². The van der Waals surface area contributed by atoms with Gasteiger partial charge in [0.25, 0.3) is 0 Å². The summed E-state index contributed by atoms with van der Waals surface area (Å²) < 4.78 is 6.21. The smallest absolute Gasteiger partial charge is 0.338 e. The lowest BCUT2D eigenvalue weighted by atomic mass is 9.45. The van der Waals surface area contributed by atoms with E-state index in [0.717, 1.165) is 69.3 Å². The van der Waals surface area contributed by atoms with E-state index in [1.807, 2.05) is 18.2 Å². The molecule has 1 saturated heterocycles. The molecule has 4 aliphatic rings. The number of nitrogens with zero attached hydrogens (tertiary/aromatic N) is 1. The fraction of sp³-hybridized carbons (Fsp3) is 0.758. The molecule has 0 bridgehead atoms. The summed E-state index contributed by atoms with van der Waals surface area (Å²) in [5.74, 6) is 3.85. The molecule has 3 aliphatic carbocycles. The summed E-state index contributed by atoms with van der Waals surface area (Å²) in [5.41, 5.74) is 3.12. The van der Waals surface area contributed by atoms with Crippen LogP contribution in [-0.2, 0) is 9.53 Å². The number of alkyl halides is 2. The molecule has 1 heterocycles. The first-order valence-electron chi connectivity index (χ1n) is 15.7. The first-order valence-corrected chi connectivity index (χ1v) is 16.7. The molecule has 1 N–H and O–H groups in total. The van der Waals surface area contributed by atoms with Crippen molar-refractivity contribution >= 4 is 40.8 Å². The van der Waals surface area contributed by atoms with Crippen LogP contribution < -0.4 is 10.2 Å². The maximum Gasteiger partial charge on any atom is 0.338 e. The highest BCUT2D eigenvalue weighted by Gasteiger charge is 2.58. The zero-order valence-electron chi connectivity index (χ0n) is 24.7. The number of halogens is 2. The van der Waals surface area contributed by atoms with Crippen molar-refractivity contribution in [2.75, 3.05) is 29.7 Å². The Morgan fingerprint density at radius 3 is 2.50 bits per heavy atom.